The number of hydrogen-bond donors (Lipinski definition) is 0. The lowest BCUT2D eigenvalue weighted by atomic mass is 10.2. The zero-order valence-corrected chi connectivity index (χ0v) is 69.3. The maximum absolute atomic E-state index is 2.46. The van der Waals surface area contributed by atoms with E-state index >= 15 is 0 Å². The van der Waals surface area contributed by atoms with Crippen molar-refractivity contribution in [3.8, 4) is 0 Å². The van der Waals surface area contributed by atoms with Crippen molar-refractivity contribution in [1.82, 2.24) is 0 Å². The fourth-order valence-corrected chi connectivity index (χ4v) is 37.8. The first-order chi connectivity index (χ1) is 43.6. The zero-order chi connectivity index (χ0) is 59.9. The first-order valence-electron chi connectivity index (χ1n) is 35.4. The molecule has 0 radical (unpaired) electrons. The van der Waals surface area contributed by atoms with Gasteiger partial charge in [-0.3, -0.25) is 0 Å². The highest BCUT2D eigenvalue weighted by molar-refractivity contribution is 8.12. The van der Waals surface area contributed by atoms with Crippen LogP contribution in [0.2, 0.25) is 0 Å². The van der Waals surface area contributed by atoms with Crippen molar-refractivity contribution in [3.63, 3.8) is 0 Å². The van der Waals surface area contributed by atoms with Crippen LogP contribution in [0, 0.1) is 53.3 Å². The molecule has 0 nitrogen and oxygen atoms in total. The van der Waals surface area contributed by atoms with Gasteiger partial charge in [0.05, 0.1) is 0 Å². The van der Waals surface area contributed by atoms with Crippen LogP contribution < -0.4 is 0 Å². The first-order valence-corrected chi connectivity index (χ1v) is 56.0. The van der Waals surface area contributed by atoms with E-state index in [1.54, 1.807) is 9.81 Å². The van der Waals surface area contributed by atoms with Gasteiger partial charge in [-0.05, 0) is 274 Å². The van der Waals surface area contributed by atoms with Crippen molar-refractivity contribution in [2.75, 3.05) is 155 Å². The fraction of sp³-hybridized carbons (Fsp3) is 0.942. The molecule has 4 aliphatic heterocycles. The molecule has 9 aliphatic carbocycles. The van der Waals surface area contributed by atoms with E-state index in [0.717, 1.165) is 90.0 Å². The van der Waals surface area contributed by atoms with Crippen LogP contribution in [0.1, 0.15) is 141 Å². The summed E-state index contributed by atoms with van der Waals surface area (Å²) in [5.74, 6) is 47.3. The molecule has 9 saturated carbocycles. The van der Waals surface area contributed by atoms with Crippen LogP contribution >= 0.6 is 223 Å². The molecule has 0 amide bonds. The lowest BCUT2D eigenvalue weighted by molar-refractivity contribution is 0.820. The predicted molar refractivity (Wildman–Crippen MR) is 451 cm³/mol. The van der Waals surface area contributed by atoms with Gasteiger partial charge in [-0.25, -0.2) is 0 Å². The Kier molecular flexibility index (Phi) is 40.7. The van der Waals surface area contributed by atoms with Gasteiger partial charge in [0, 0.05) is 133 Å². The van der Waals surface area contributed by atoms with Gasteiger partial charge in [-0.1, -0.05) is 0 Å². The van der Waals surface area contributed by atoms with E-state index in [-0.39, 0.29) is 0 Å². The Morgan fingerprint density at radius 3 is 1.19 bits per heavy atom. The monoisotopic (exact) mass is 1550 g/mol. The minimum atomic E-state index is 0.854. The summed E-state index contributed by atoms with van der Waals surface area (Å²) in [6.45, 7) is 0. The molecule has 0 bridgehead atoms. The maximum atomic E-state index is 2.46. The van der Waals surface area contributed by atoms with Crippen molar-refractivity contribution >= 4 is 223 Å². The highest BCUT2D eigenvalue weighted by Crippen LogP contribution is 2.45. The normalized spacial score (nSPS) is 29.3. The second kappa shape index (κ2) is 46.7. The van der Waals surface area contributed by atoms with Gasteiger partial charge in [0.25, 0.3) is 0 Å². The summed E-state index contributed by atoms with van der Waals surface area (Å²) in [4.78, 5) is 3.27. The molecule has 11 fully saturated rings. The molecular formula is C69H116S19. The fourth-order valence-electron chi connectivity index (χ4n) is 9.98. The van der Waals surface area contributed by atoms with Crippen LogP contribution in [0.25, 0.3) is 0 Å². The smallest absolute Gasteiger partial charge is 0.0257 e. The summed E-state index contributed by atoms with van der Waals surface area (Å²) in [5, 5.41) is 11.3. The van der Waals surface area contributed by atoms with Crippen LogP contribution in [-0.2, 0) is 0 Å². The van der Waals surface area contributed by atoms with Crippen LogP contribution in [0.5, 0.6) is 0 Å². The number of hydrogen-bond acceptors (Lipinski definition) is 19. The third kappa shape index (κ3) is 39.0. The van der Waals surface area contributed by atoms with Gasteiger partial charge in [0.2, 0.25) is 0 Å². The Labute approximate surface area is 622 Å². The van der Waals surface area contributed by atoms with E-state index in [4.69, 9.17) is 0 Å². The second-order valence-corrected chi connectivity index (χ2v) is 50.1. The van der Waals surface area contributed by atoms with Crippen molar-refractivity contribution < 1.29 is 0 Å². The topological polar surface area (TPSA) is 0 Å². The summed E-state index contributed by atoms with van der Waals surface area (Å²) < 4.78 is 0. The molecule has 4 heterocycles. The minimum absolute atomic E-state index is 0.854. The Bertz CT molecular complexity index is 1880. The van der Waals surface area contributed by atoms with Gasteiger partial charge < -0.3 is 0 Å². The number of rotatable bonds is 42. The molecule has 0 aromatic carbocycles. The van der Waals surface area contributed by atoms with E-state index in [9.17, 15) is 0 Å². The van der Waals surface area contributed by atoms with E-state index in [1.807, 2.05) is 0 Å². The van der Waals surface area contributed by atoms with Gasteiger partial charge >= 0.3 is 0 Å². The van der Waals surface area contributed by atoms with E-state index in [0.29, 0.717) is 0 Å². The Morgan fingerprint density at radius 1 is 0.284 bits per heavy atom. The van der Waals surface area contributed by atoms with Gasteiger partial charge in [0.1, 0.15) is 0 Å². The largest absolute Gasteiger partial charge is 0.162 e. The lowest BCUT2D eigenvalue weighted by Crippen LogP contribution is -2.23. The summed E-state index contributed by atoms with van der Waals surface area (Å²) in [5.41, 5.74) is 0. The van der Waals surface area contributed by atoms with Crippen LogP contribution in [0.3, 0.4) is 0 Å². The average Bonchev–Trinajstić information content (AvgIpc) is 4.44. The summed E-state index contributed by atoms with van der Waals surface area (Å²) in [7, 11) is 0. The molecule has 88 heavy (non-hydrogen) atoms. The summed E-state index contributed by atoms with van der Waals surface area (Å²) >= 11 is 42.1. The Balaban J connectivity index is 0.000000131. The molecule has 2 saturated heterocycles. The highest BCUT2D eigenvalue weighted by Gasteiger charge is 2.33. The van der Waals surface area contributed by atoms with Crippen LogP contribution in [-0.4, -0.2) is 192 Å². The molecule has 0 aromatic rings. The van der Waals surface area contributed by atoms with Crippen molar-refractivity contribution in [2.24, 2.45) is 53.3 Å². The lowest BCUT2D eigenvalue weighted by Gasteiger charge is -2.23. The molecule has 19 heteroatoms. The van der Waals surface area contributed by atoms with E-state index in [1.165, 1.54) is 297 Å². The molecule has 0 aromatic heterocycles. The third-order valence-electron chi connectivity index (χ3n) is 17.9. The molecule has 506 valence electrons. The summed E-state index contributed by atoms with van der Waals surface area (Å²) in [6.07, 6.45) is 33.0. The van der Waals surface area contributed by atoms with E-state index < -0.39 is 0 Å². The zero-order valence-electron chi connectivity index (χ0n) is 53.8. The molecular weight excluding hydrogens is 1440 g/mol. The number of thioether (sulfide) groups is 19. The highest BCUT2D eigenvalue weighted by atomic mass is 32.2. The van der Waals surface area contributed by atoms with Crippen molar-refractivity contribution in [1.29, 1.82) is 0 Å². The van der Waals surface area contributed by atoms with E-state index in [2.05, 4.69) is 234 Å². The van der Waals surface area contributed by atoms with Gasteiger partial charge in [0.15, 0.2) is 0 Å². The predicted octanol–water partition coefficient (Wildman–Crippen LogP) is 23.4. The maximum Gasteiger partial charge on any atom is 0.0257 e. The summed E-state index contributed by atoms with van der Waals surface area (Å²) in [6, 6.07) is 0. The second-order valence-electron chi connectivity index (χ2n) is 27.7. The third-order valence-corrected chi connectivity index (χ3v) is 45.3. The molecule has 13 aliphatic rings. The molecule has 0 spiro atoms. The quantitative estimate of drug-likeness (QED) is 0.0532. The standard InChI is InChI=1S/C21H36S5.C18H30S6.C16H28S4.C14H22S4/c1-2-16(1)11-22-9-7-19-14-26-20(8-10-23-12-17-3-4-17)21(15-24-19)25-13-18-5-6-18;1-2-15(1)9-19-5-6-21-11-17-12-22-13-18(14-24-17)23-8-7-20-10-16-3-4-16;1-2-13(1)9-17-7-5-16-12-20-15(6-8-19-16)11-18-10-14-3-4-14;1-2-11(1)5-15-7-13-8-16-9-14(10-18-13)17-6-12-3-4-12/h16-21H,1-15H2;13,15-17H,1-12,14H2;13-16H,1-12H2;9,11-13H,1-8,10H2. The van der Waals surface area contributed by atoms with Crippen molar-refractivity contribution in [3.05, 3.63) is 20.6 Å². The van der Waals surface area contributed by atoms with Crippen LogP contribution in [0.15, 0.2) is 20.6 Å². The first kappa shape index (κ1) is 76.8. The van der Waals surface area contributed by atoms with Gasteiger partial charge in [-0.15, -0.1) is 47.0 Å². The van der Waals surface area contributed by atoms with Crippen molar-refractivity contribution in [2.45, 2.75) is 178 Å². The molecule has 0 N–H and O–H groups in total. The van der Waals surface area contributed by atoms with Gasteiger partial charge in [-0.2, -0.15) is 176 Å². The average molecular weight is 1550 g/mol. The molecule has 7 atom stereocenters. The molecule has 7 unspecified atom stereocenters. The molecule has 13 rings (SSSR count). The van der Waals surface area contributed by atoms with Crippen LogP contribution in [0.4, 0.5) is 0 Å². The Hall–Kier alpha value is 6.13. The SMILES string of the molecule is C(CC1CSC(CCSCC2CC2)C(SCC2CC2)CS1)SCC1CC1.C(CC1CSC(CSCC2CC2)CCS1)SCC1CC1.C1=C(SCC2CC2)CSC(CSCC2CC2)CS1.C1=C(SCCSCC2CC2)CSC(CSCCSCC2CC2)CS1. The minimum Gasteiger partial charge on any atom is -0.162 e. The Morgan fingerprint density at radius 2 is 0.670 bits per heavy atom.